The van der Waals surface area contributed by atoms with Crippen LogP contribution in [-0.4, -0.2) is 10.9 Å². The van der Waals surface area contributed by atoms with E-state index < -0.39 is 0 Å². The molecule has 0 amide bonds. The first kappa shape index (κ1) is 6.63. The van der Waals surface area contributed by atoms with Crippen LogP contribution in [-0.2, 0) is 0 Å². The Morgan fingerprint density at radius 1 is 1.71 bits per heavy atom. The highest BCUT2D eigenvalue weighted by molar-refractivity contribution is 8.02. The highest BCUT2D eigenvalue weighted by Crippen LogP contribution is 1.97. The van der Waals surface area contributed by atoms with Crippen LogP contribution in [0.2, 0.25) is 0 Å². The molecular formula is C5H8OS. The average molecular weight is 116 g/mol. The number of thioether (sulfide) groups is 1. The Bertz CT molecular complexity index is 68.5. The molecule has 0 saturated heterocycles. The van der Waals surface area contributed by atoms with Gasteiger partial charge in [0.25, 0.3) is 0 Å². The summed E-state index contributed by atoms with van der Waals surface area (Å²) < 4.78 is 0. The van der Waals surface area contributed by atoms with E-state index in [2.05, 4.69) is 6.58 Å². The zero-order valence-electron chi connectivity index (χ0n) is 4.00. The molecule has 0 rings (SSSR count). The summed E-state index contributed by atoms with van der Waals surface area (Å²) in [7, 11) is 0. The van der Waals surface area contributed by atoms with Crippen LogP contribution in [0, 0.1) is 0 Å². The zero-order valence-corrected chi connectivity index (χ0v) is 4.82. The lowest BCUT2D eigenvalue weighted by Gasteiger charge is -1.79. The van der Waals surface area contributed by atoms with Gasteiger partial charge in [-0.2, -0.15) is 0 Å². The van der Waals surface area contributed by atoms with Crippen molar-refractivity contribution >= 4 is 11.8 Å². The highest BCUT2D eigenvalue weighted by Gasteiger charge is 1.69. The van der Waals surface area contributed by atoms with Gasteiger partial charge >= 0.3 is 0 Å². The van der Waals surface area contributed by atoms with Crippen molar-refractivity contribution in [3.8, 4) is 0 Å². The van der Waals surface area contributed by atoms with Crippen molar-refractivity contribution in [1.29, 1.82) is 0 Å². The fourth-order valence-electron chi connectivity index (χ4n) is 0.167. The second-order valence-corrected chi connectivity index (χ2v) is 1.88. The smallest absolute Gasteiger partial charge is 0.0760 e. The highest BCUT2D eigenvalue weighted by atomic mass is 32.2. The number of aliphatic hydroxyl groups excluding tert-OH is 1. The van der Waals surface area contributed by atoms with Gasteiger partial charge in [-0.1, -0.05) is 6.58 Å². The predicted molar refractivity (Wildman–Crippen MR) is 34.4 cm³/mol. The second kappa shape index (κ2) is 5.63. The Balaban J connectivity index is 2.82. The number of rotatable bonds is 3. The van der Waals surface area contributed by atoms with Gasteiger partial charge in [-0.15, -0.1) is 11.8 Å². The molecule has 0 aliphatic rings. The molecule has 0 aromatic heterocycles. The van der Waals surface area contributed by atoms with E-state index in [1.165, 1.54) is 0 Å². The minimum atomic E-state index is 0.806. The number of hydrogen-bond donors (Lipinski definition) is 1. The van der Waals surface area contributed by atoms with Crippen LogP contribution in [0.5, 0.6) is 0 Å². The third-order valence-electron chi connectivity index (χ3n) is 0.416. The van der Waals surface area contributed by atoms with Gasteiger partial charge in [-0.25, -0.2) is 0 Å². The van der Waals surface area contributed by atoms with Crippen LogP contribution >= 0.6 is 11.8 Å². The zero-order chi connectivity index (χ0) is 5.54. The van der Waals surface area contributed by atoms with Crippen molar-refractivity contribution in [3.05, 3.63) is 24.3 Å². The summed E-state index contributed by atoms with van der Waals surface area (Å²) in [5, 5.41) is 9.80. The van der Waals surface area contributed by atoms with E-state index in [-0.39, 0.29) is 0 Å². The molecule has 0 aromatic carbocycles. The maximum atomic E-state index is 8.06. The van der Waals surface area contributed by atoms with Gasteiger partial charge in [0.05, 0.1) is 6.26 Å². The summed E-state index contributed by atoms with van der Waals surface area (Å²) >= 11 is 1.55. The molecular weight excluding hydrogens is 108 g/mol. The molecule has 0 fully saturated rings. The first-order chi connectivity index (χ1) is 3.41. The molecule has 40 valence electrons. The summed E-state index contributed by atoms with van der Waals surface area (Å²) in [5.74, 6) is 0.806. The minimum Gasteiger partial charge on any atom is -0.516 e. The molecule has 0 aliphatic heterocycles. The number of hydrogen-bond acceptors (Lipinski definition) is 2. The van der Waals surface area contributed by atoms with Crippen molar-refractivity contribution in [1.82, 2.24) is 0 Å². The summed E-state index contributed by atoms with van der Waals surface area (Å²) in [4.78, 5) is 0. The molecule has 1 nitrogen and oxygen atoms in total. The van der Waals surface area contributed by atoms with E-state index in [4.69, 9.17) is 5.11 Å². The lowest BCUT2D eigenvalue weighted by Crippen LogP contribution is -1.61. The van der Waals surface area contributed by atoms with Gasteiger partial charge in [-0.3, -0.25) is 0 Å². The van der Waals surface area contributed by atoms with E-state index in [1.807, 2.05) is 0 Å². The molecule has 2 heteroatoms. The summed E-state index contributed by atoms with van der Waals surface area (Å²) in [6.07, 6.45) is 2.70. The lowest BCUT2D eigenvalue weighted by molar-refractivity contribution is 0.473. The van der Waals surface area contributed by atoms with Crippen LogP contribution < -0.4 is 0 Å². The van der Waals surface area contributed by atoms with Crippen molar-refractivity contribution in [2.24, 2.45) is 0 Å². The fourth-order valence-corrected chi connectivity index (χ4v) is 0.500. The number of aliphatic hydroxyl groups is 1. The lowest BCUT2D eigenvalue weighted by atomic mass is 10.7. The van der Waals surface area contributed by atoms with Crippen LogP contribution in [0.3, 0.4) is 0 Å². The average Bonchev–Trinajstić information content (AvgIpc) is 1.69. The molecule has 0 aliphatic carbocycles. The molecule has 7 heavy (non-hydrogen) atoms. The van der Waals surface area contributed by atoms with Gasteiger partial charge < -0.3 is 5.11 Å². The standard InChI is InChI=1S/C5H8OS/c1-2-7-5-3-4-6/h2-4,6H,1,5H2. The Labute approximate surface area is 47.7 Å². The van der Waals surface area contributed by atoms with Crippen molar-refractivity contribution in [3.63, 3.8) is 0 Å². The van der Waals surface area contributed by atoms with Crippen molar-refractivity contribution in [2.45, 2.75) is 0 Å². The van der Waals surface area contributed by atoms with E-state index in [0.717, 1.165) is 12.0 Å². The Kier molecular flexibility index (Phi) is 5.33. The maximum Gasteiger partial charge on any atom is 0.0760 e. The summed E-state index contributed by atoms with van der Waals surface area (Å²) in [5.41, 5.74) is 0. The first-order valence-electron chi connectivity index (χ1n) is 1.93. The van der Waals surface area contributed by atoms with E-state index in [9.17, 15) is 0 Å². The summed E-state index contributed by atoms with van der Waals surface area (Å²) in [6, 6.07) is 0. The van der Waals surface area contributed by atoms with E-state index in [0.29, 0.717) is 0 Å². The SMILES string of the molecule is C=CSCC=CO. The molecule has 0 radical (unpaired) electrons. The van der Waals surface area contributed by atoms with Crippen molar-refractivity contribution in [2.75, 3.05) is 5.75 Å². The Morgan fingerprint density at radius 2 is 2.43 bits per heavy atom. The third-order valence-corrected chi connectivity index (χ3v) is 1.04. The van der Waals surface area contributed by atoms with Gasteiger partial charge in [0, 0.05) is 5.75 Å². The van der Waals surface area contributed by atoms with Crippen molar-refractivity contribution < 1.29 is 5.11 Å². The molecule has 0 aromatic rings. The maximum absolute atomic E-state index is 8.06. The van der Waals surface area contributed by atoms with Gasteiger partial charge in [-0.05, 0) is 11.5 Å². The molecule has 0 bridgehead atoms. The van der Waals surface area contributed by atoms with Crippen LogP contribution in [0.1, 0.15) is 0 Å². The topological polar surface area (TPSA) is 20.2 Å². The summed E-state index contributed by atoms with van der Waals surface area (Å²) in [6.45, 7) is 3.48. The minimum absolute atomic E-state index is 0.806. The fraction of sp³-hybridized carbons (Fsp3) is 0.200. The monoisotopic (exact) mass is 116 g/mol. The molecule has 0 heterocycles. The molecule has 0 saturated carbocycles. The molecule has 0 atom stereocenters. The van der Waals surface area contributed by atoms with E-state index in [1.54, 1.807) is 23.2 Å². The quantitative estimate of drug-likeness (QED) is 0.449. The molecule has 0 unspecified atom stereocenters. The normalized spacial score (nSPS) is 9.71. The third kappa shape index (κ3) is 5.63. The van der Waals surface area contributed by atoms with Crippen LogP contribution in [0.15, 0.2) is 24.3 Å². The van der Waals surface area contributed by atoms with E-state index >= 15 is 0 Å². The van der Waals surface area contributed by atoms with Gasteiger partial charge in [0.15, 0.2) is 0 Å². The largest absolute Gasteiger partial charge is 0.516 e. The predicted octanol–water partition coefficient (Wildman–Crippen LogP) is 1.93. The molecule has 1 N–H and O–H groups in total. The van der Waals surface area contributed by atoms with Gasteiger partial charge in [0.2, 0.25) is 0 Å². The second-order valence-electron chi connectivity index (χ2n) is 0.885. The van der Waals surface area contributed by atoms with Gasteiger partial charge in [0.1, 0.15) is 0 Å². The first-order valence-corrected chi connectivity index (χ1v) is 2.98. The Hall–Kier alpha value is -0.370. The Morgan fingerprint density at radius 3 is 2.86 bits per heavy atom. The van der Waals surface area contributed by atoms with Crippen LogP contribution in [0.25, 0.3) is 0 Å². The molecule has 0 spiro atoms. The van der Waals surface area contributed by atoms with Crippen LogP contribution in [0.4, 0.5) is 0 Å².